The Bertz CT molecular complexity index is 152. The van der Waals surface area contributed by atoms with Gasteiger partial charge in [-0.3, -0.25) is 0 Å². The van der Waals surface area contributed by atoms with Crippen LogP contribution in [0.15, 0.2) is 0 Å². The Morgan fingerprint density at radius 2 is 2.29 bits per heavy atom. The summed E-state index contributed by atoms with van der Waals surface area (Å²) in [5.41, 5.74) is 0. The molecule has 0 radical (unpaired) electrons. The van der Waals surface area contributed by atoms with Gasteiger partial charge < -0.3 is 15.0 Å². The molecule has 1 fully saturated rings. The molecule has 0 aromatic heterocycles. The van der Waals surface area contributed by atoms with Crippen LogP contribution in [0.1, 0.15) is 26.2 Å². The molecule has 3 heteroatoms. The fourth-order valence-corrected chi connectivity index (χ4v) is 2.00. The quantitative estimate of drug-likeness (QED) is 0.695. The summed E-state index contributed by atoms with van der Waals surface area (Å²) in [5.74, 6) is 0. The zero-order valence-electron chi connectivity index (χ0n) is 9.75. The lowest BCUT2D eigenvalue weighted by Crippen LogP contribution is -2.35. The van der Waals surface area contributed by atoms with E-state index in [4.69, 9.17) is 4.74 Å². The minimum Gasteiger partial charge on any atom is -0.380 e. The Morgan fingerprint density at radius 1 is 1.50 bits per heavy atom. The Kier molecular flexibility index (Phi) is 5.45. The van der Waals surface area contributed by atoms with Crippen molar-refractivity contribution in [2.75, 3.05) is 33.8 Å². The molecule has 14 heavy (non-hydrogen) atoms. The number of nitrogens with zero attached hydrogens (tertiary/aromatic N) is 1. The lowest BCUT2D eigenvalue weighted by atomic mass is 10.2. The Morgan fingerprint density at radius 3 is 2.86 bits per heavy atom. The lowest BCUT2D eigenvalue weighted by Gasteiger charge is -2.20. The van der Waals surface area contributed by atoms with E-state index in [0.29, 0.717) is 12.1 Å². The van der Waals surface area contributed by atoms with Gasteiger partial charge in [-0.2, -0.15) is 0 Å². The van der Waals surface area contributed by atoms with Crippen LogP contribution >= 0.6 is 0 Å². The van der Waals surface area contributed by atoms with Crippen molar-refractivity contribution in [3.8, 4) is 0 Å². The van der Waals surface area contributed by atoms with Crippen LogP contribution in [0.5, 0.6) is 0 Å². The summed E-state index contributed by atoms with van der Waals surface area (Å²) in [4.78, 5) is 2.42. The second kappa shape index (κ2) is 6.38. The maximum Gasteiger partial charge on any atom is 0.0711 e. The number of rotatable bonds is 6. The predicted octanol–water partition coefficient (Wildman–Crippen LogP) is 1.10. The van der Waals surface area contributed by atoms with Crippen LogP contribution in [0.3, 0.4) is 0 Å². The third kappa shape index (κ3) is 3.95. The largest absolute Gasteiger partial charge is 0.380 e. The highest BCUT2D eigenvalue weighted by Gasteiger charge is 2.24. The third-order valence-electron chi connectivity index (χ3n) is 2.94. The smallest absolute Gasteiger partial charge is 0.0711 e. The Balaban J connectivity index is 2.12. The molecular weight excluding hydrogens is 176 g/mol. The van der Waals surface area contributed by atoms with Gasteiger partial charge in [-0.25, -0.2) is 0 Å². The van der Waals surface area contributed by atoms with Crippen LogP contribution in [0, 0.1) is 0 Å². The number of unbranched alkanes of at least 4 members (excludes halogenated alkanes) is 1. The predicted molar refractivity (Wildman–Crippen MR) is 59.6 cm³/mol. The molecule has 0 saturated carbocycles. The van der Waals surface area contributed by atoms with Crippen LogP contribution in [0.25, 0.3) is 0 Å². The van der Waals surface area contributed by atoms with Gasteiger partial charge >= 0.3 is 0 Å². The van der Waals surface area contributed by atoms with Gasteiger partial charge in [-0.05, 0) is 26.4 Å². The number of methoxy groups -OCH3 is 1. The topological polar surface area (TPSA) is 24.5 Å². The molecule has 1 rings (SSSR count). The average Bonchev–Trinajstić information content (AvgIpc) is 2.62. The van der Waals surface area contributed by atoms with Crippen molar-refractivity contribution in [1.82, 2.24) is 10.2 Å². The molecule has 0 bridgehead atoms. The third-order valence-corrected chi connectivity index (χ3v) is 2.94. The normalized spacial score (nSPS) is 27.4. The highest BCUT2D eigenvalue weighted by atomic mass is 16.5. The molecule has 0 aromatic rings. The zero-order chi connectivity index (χ0) is 10.4. The fraction of sp³-hybridized carbons (Fsp3) is 1.00. The van der Waals surface area contributed by atoms with E-state index in [-0.39, 0.29) is 0 Å². The van der Waals surface area contributed by atoms with Gasteiger partial charge in [-0.15, -0.1) is 0 Å². The van der Waals surface area contributed by atoms with E-state index in [1.807, 2.05) is 0 Å². The second-order valence-corrected chi connectivity index (χ2v) is 4.31. The van der Waals surface area contributed by atoms with Gasteiger partial charge in [-0.1, -0.05) is 13.3 Å². The molecule has 1 saturated heterocycles. The average molecular weight is 200 g/mol. The second-order valence-electron chi connectivity index (χ2n) is 4.31. The minimum absolute atomic E-state index is 0.430. The van der Waals surface area contributed by atoms with Crippen molar-refractivity contribution in [3.05, 3.63) is 0 Å². The summed E-state index contributed by atoms with van der Waals surface area (Å²) in [6.45, 7) is 5.62. The number of likely N-dealkylation sites (N-methyl/N-ethyl adjacent to an activating group) is 1. The first-order valence-corrected chi connectivity index (χ1v) is 5.71. The number of hydrogen-bond donors (Lipinski definition) is 1. The Hall–Kier alpha value is -0.120. The van der Waals surface area contributed by atoms with Crippen LogP contribution < -0.4 is 5.32 Å². The number of hydrogen-bond acceptors (Lipinski definition) is 3. The summed E-state index contributed by atoms with van der Waals surface area (Å²) in [5, 5.41) is 3.50. The molecule has 0 aromatic carbocycles. The summed E-state index contributed by atoms with van der Waals surface area (Å²) in [7, 11) is 4.01. The van der Waals surface area contributed by atoms with E-state index in [1.54, 1.807) is 7.11 Å². The van der Waals surface area contributed by atoms with E-state index in [2.05, 4.69) is 24.2 Å². The fourth-order valence-electron chi connectivity index (χ4n) is 2.00. The molecule has 1 heterocycles. The van der Waals surface area contributed by atoms with Gasteiger partial charge in [0.15, 0.2) is 0 Å². The van der Waals surface area contributed by atoms with Crippen molar-refractivity contribution in [1.29, 1.82) is 0 Å². The van der Waals surface area contributed by atoms with Gasteiger partial charge in [0.05, 0.1) is 6.10 Å². The SMILES string of the molecule is CCCCN(C)CC1CC(OC)CN1. The van der Waals surface area contributed by atoms with E-state index in [9.17, 15) is 0 Å². The highest BCUT2D eigenvalue weighted by Crippen LogP contribution is 2.10. The zero-order valence-corrected chi connectivity index (χ0v) is 9.75. The van der Waals surface area contributed by atoms with Crippen LogP contribution in [-0.4, -0.2) is 50.8 Å². The first-order chi connectivity index (χ1) is 6.76. The lowest BCUT2D eigenvalue weighted by molar-refractivity contribution is 0.116. The first kappa shape index (κ1) is 12.0. The van der Waals surface area contributed by atoms with Crippen molar-refractivity contribution in [2.45, 2.75) is 38.3 Å². The molecule has 0 aliphatic carbocycles. The van der Waals surface area contributed by atoms with E-state index < -0.39 is 0 Å². The molecule has 1 aliphatic heterocycles. The molecule has 1 N–H and O–H groups in total. The van der Waals surface area contributed by atoms with Crippen LogP contribution in [0.2, 0.25) is 0 Å². The molecule has 0 spiro atoms. The molecule has 84 valence electrons. The minimum atomic E-state index is 0.430. The Labute approximate surface area is 87.8 Å². The monoisotopic (exact) mass is 200 g/mol. The standard InChI is InChI=1S/C11H24N2O/c1-4-5-6-13(2)9-10-7-11(14-3)8-12-10/h10-12H,4-9H2,1-3H3. The van der Waals surface area contributed by atoms with Crippen molar-refractivity contribution < 1.29 is 4.74 Å². The van der Waals surface area contributed by atoms with Gasteiger partial charge in [0.1, 0.15) is 0 Å². The molecule has 2 atom stereocenters. The van der Waals surface area contributed by atoms with E-state index in [1.165, 1.54) is 19.4 Å². The van der Waals surface area contributed by atoms with Gasteiger partial charge in [0, 0.05) is 26.2 Å². The summed E-state index contributed by atoms with van der Waals surface area (Å²) in [6, 6.07) is 0.627. The van der Waals surface area contributed by atoms with E-state index in [0.717, 1.165) is 19.5 Å². The van der Waals surface area contributed by atoms with Gasteiger partial charge in [0.25, 0.3) is 0 Å². The molecule has 2 unspecified atom stereocenters. The molecule has 1 aliphatic rings. The van der Waals surface area contributed by atoms with Gasteiger partial charge in [0.2, 0.25) is 0 Å². The number of ether oxygens (including phenoxy) is 1. The first-order valence-electron chi connectivity index (χ1n) is 5.71. The van der Waals surface area contributed by atoms with Crippen molar-refractivity contribution >= 4 is 0 Å². The van der Waals surface area contributed by atoms with E-state index >= 15 is 0 Å². The highest BCUT2D eigenvalue weighted by molar-refractivity contribution is 4.83. The van der Waals surface area contributed by atoms with Crippen molar-refractivity contribution in [2.24, 2.45) is 0 Å². The summed E-state index contributed by atoms with van der Waals surface area (Å²) in [6.07, 6.45) is 4.17. The maximum absolute atomic E-state index is 5.32. The van der Waals surface area contributed by atoms with Crippen molar-refractivity contribution in [3.63, 3.8) is 0 Å². The van der Waals surface area contributed by atoms with Crippen LogP contribution in [0.4, 0.5) is 0 Å². The maximum atomic E-state index is 5.32. The molecule has 0 amide bonds. The summed E-state index contributed by atoms with van der Waals surface area (Å²) < 4.78 is 5.32. The number of nitrogens with one attached hydrogen (secondary N) is 1. The van der Waals surface area contributed by atoms with Crippen LogP contribution in [-0.2, 0) is 4.74 Å². The summed E-state index contributed by atoms with van der Waals surface area (Å²) >= 11 is 0. The molecule has 3 nitrogen and oxygen atoms in total. The molecular formula is C11H24N2O.